The Bertz CT molecular complexity index is 1190. The molecule has 0 atom stereocenters. The molecule has 0 saturated carbocycles. The van der Waals surface area contributed by atoms with Crippen LogP contribution in [0.2, 0.25) is 0 Å². The van der Waals surface area contributed by atoms with Gasteiger partial charge in [-0.15, -0.1) is 0 Å². The fourth-order valence-electron chi connectivity index (χ4n) is 2.96. The van der Waals surface area contributed by atoms with E-state index in [1.165, 1.54) is 0 Å². The van der Waals surface area contributed by atoms with Crippen LogP contribution < -0.4 is 0 Å². The summed E-state index contributed by atoms with van der Waals surface area (Å²) < 4.78 is 28.5. The predicted molar refractivity (Wildman–Crippen MR) is 102 cm³/mol. The highest BCUT2D eigenvalue weighted by molar-refractivity contribution is 7.91. The number of aromatic nitrogens is 2. The summed E-state index contributed by atoms with van der Waals surface area (Å²) in [5.41, 5.74) is 3.98. The maximum Gasteiger partial charge on any atom is 0.224 e. The average molecular weight is 362 g/mol. The van der Waals surface area contributed by atoms with Crippen LogP contribution in [-0.2, 0) is 9.84 Å². The van der Waals surface area contributed by atoms with E-state index >= 15 is 0 Å². The molecule has 4 rings (SSSR count). The van der Waals surface area contributed by atoms with E-state index in [1.54, 1.807) is 22.7 Å². The van der Waals surface area contributed by atoms with Crippen LogP contribution in [0.15, 0.2) is 82.8 Å². The monoisotopic (exact) mass is 362 g/mol. The smallest absolute Gasteiger partial charge is 0.224 e. The largest absolute Gasteiger partial charge is 0.290 e. The van der Waals surface area contributed by atoms with Crippen molar-refractivity contribution < 1.29 is 8.42 Å². The van der Waals surface area contributed by atoms with Crippen LogP contribution in [0.25, 0.3) is 16.9 Å². The van der Waals surface area contributed by atoms with Crippen molar-refractivity contribution in [3.63, 3.8) is 0 Å². The lowest BCUT2D eigenvalue weighted by Gasteiger charge is -2.08. The van der Waals surface area contributed by atoms with Crippen LogP contribution in [0.4, 0.5) is 0 Å². The van der Waals surface area contributed by atoms with Gasteiger partial charge in [-0.3, -0.25) is 4.40 Å². The lowest BCUT2D eigenvalue weighted by molar-refractivity contribution is 0.591. The molecule has 0 aliphatic carbocycles. The summed E-state index contributed by atoms with van der Waals surface area (Å²) in [6, 6.07) is 20.1. The zero-order valence-corrected chi connectivity index (χ0v) is 15.4. The summed E-state index contributed by atoms with van der Waals surface area (Å²) in [7, 11) is -3.73. The van der Waals surface area contributed by atoms with Crippen LogP contribution in [0.1, 0.15) is 11.1 Å². The van der Waals surface area contributed by atoms with Crippen LogP contribution in [-0.4, -0.2) is 17.8 Å². The van der Waals surface area contributed by atoms with Gasteiger partial charge in [0.15, 0.2) is 5.03 Å². The number of benzene rings is 2. The van der Waals surface area contributed by atoms with Gasteiger partial charge in [-0.25, -0.2) is 13.4 Å². The fourth-order valence-corrected chi connectivity index (χ4v) is 4.51. The Morgan fingerprint density at radius 1 is 0.808 bits per heavy atom. The van der Waals surface area contributed by atoms with E-state index in [4.69, 9.17) is 0 Å². The third-order valence-electron chi connectivity index (χ3n) is 4.40. The van der Waals surface area contributed by atoms with Gasteiger partial charge in [0.1, 0.15) is 11.3 Å². The number of aryl methyl sites for hydroxylation is 2. The van der Waals surface area contributed by atoms with Crippen LogP contribution >= 0.6 is 0 Å². The number of imidazole rings is 1. The first-order valence-corrected chi connectivity index (χ1v) is 9.81. The minimum Gasteiger partial charge on any atom is -0.290 e. The summed E-state index contributed by atoms with van der Waals surface area (Å²) in [4.78, 5) is 4.87. The number of sulfone groups is 1. The first-order chi connectivity index (χ1) is 12.5. The standard InChI is InChI=1S/C21H18N2O2S/c1-15-6-10-17(11-7-15)20-21(23-14-4-3-5-19(23)22-20)26(24,25)18-12-8-16(2)9-13-18/h3-14H,1-2H3. The Morgan fingerprint density at radius 3 is 2.08 bits per heavy atom. The van der Waals surface area contributed by atoms with Gasteiger partial charge in [0.25, 0.3) is 0 Å². The van der Waals surface area contributed by atoms with Crippen molar-refractivity contribution in [3.8, 4) is 11.3 Å². The highest BCUT2D eigenvalue weighted by Gasteiger charge is 2.27. The number of rotatable bonds is 3. The average Bonchev–Trinajstić information content (AvgIpc) is 3.03. The summed E-state index contributed by atoms with van der Waals surface area (Å²) >= 11 is 0. The summed E-state index contributed by atoms with van der Waals surface area (Å²) in [5.74, 6) is 0. The zero-order valence-electron chi connectivity index (χ0n) is 14.5. The number of fused-ring (bicyclic) bond motifs is 1. The van der Waals surface area contributed by atoms with Gasteiger partial charge in [0.2, 0.25) is 9.84 Å². The molecule has 0 aliphatic rings. The molecule has 0 bridgehead atoms. The molecule has 130 valence electrons. The Kier molecular flexibility index (Phi) is 3.89. The van der Waals surface area contributed by atoms with E-state index in [2.05, 4.69) is 4.98 Å². The molecular formula is C21H18N2O2S. The second-order valence-corrected chi connectivity index (χ2v) is 8.24. The molecule has 2 aromatic heterocycles. The van der Waals surface area contributed by atoms with E-state index in [0.717, 1.165) is 16.7 Å². The maximum absolute atomic E-state index is 13.4. The number of nitrogens with zero attached hydrogens (tertiary/aromatic N) is 2. The molecule has 2 aromatic carbocycles. The molecule has 0 radical (unpaired) electrons. The molecule has 0 saturated heterocycles. The van der Waals surface area contributed by atoms with E-state index in [9.17, 15) is 8.42 Å². The minimum atomic E-state index is -3.73. The third kappa shape index (κ3) is 2.70. The molecule has 0 amide bonds. The van der Waals surface area contributed by atoms with E-state index < -0.39 is 9.84 Å². The van der Waals surface area contributed by atoms with Crippen molar-refractivity contribution >= 4 is 15.5 Å². The number of hydrogen-bond acceptors (Lipinski definition) is 3. The normalized spacial score (nSPS) is 11.8. The van der Waals surface area contributed by atoms with Gasteiger partial charge in [0.05, 0.1) is 4.90 Å². The maximum atomic E-state index is 13.4. The summed E-state index contributed by atoms with van der Waals surface area (Å²) in [6.45, 7) is 3.93. The highest BCUT2D eigenvalue weighted by atomic mass is 32.2. The first-order valence-electron chi connectivity index (χ1n) is 8.33. The second kappa shape index (κ2) is 6.11. The Labute approximate surface area is 152 Å². The van der Waals surface area contributed by atoms with Crippen molar-refractivity contribution in [1.29, 1.82) is 0 Å². The molecule has 0 N–H and O–H groups in total. The fraction of sp³-hybridized carbons (Fsp3) is 0.0952. The highest BCUT2D eigenvalue weighted by Crippen LogP contribution is 2.32. The van der Waals surface area contributed by atoms with Gasteiger partial charge in [0, 0.05) is 11.8 Å². The van der Waals surface area contributed by atoms with Gasteiger partial charge >= 0.3 is 0 Å². The first kappa shape index (κ1) is 16.5. The summed E-state index contributed by atoms with van der Waals surface area (Å²) in [5, 5.41) is 0.195. The van der Waals surface area contributed by atoms with Crippen molar-refractivity contribution in [1.82, 2.24) is 9.38 Å². The van der Waals surface area contributed by atoms with Crippen LogP contribution in [0.3, 0.4) is 0 Å². The molecule has 4 aromatic rings. The SMILES string of the molecule is Cc1ccc(-c2nc3ccccn3c2S(=O)(=O)c2ccc(C)cc2)cc1. The van der Waals surface area contributed by atoms with E-state index in [-0.39, 0.29) is 9.92 Å². The van der Waals surface area contributed by atoms with Crippen LogP contribution in [0, 0.1) is 13.8 Å². The molecule has 0 unspecified atom stereocenters. The van der Waals surface area contributed by atoms with Crippen LogP contribution in [0.5, 0.6) is 0 Å². The Hall–Kier alpha value is -2.92. The Morgan fingerprint density at radius 2 is 1.42 bits per heavy atom. The number of hydrogen-bond donors (Lipinski definition) is 0. The van der Waals surface area contributed by atoms with Crippen molar-refractivity contribution in [2.75, 3.05) is 0 Å². The lowest BCUT2D eigenvalue weighted by Crippen LogP contribution is -2.07. The van der Waals surface area contributed by atoms with Gasteiger partial charge in [-0.2, -0.15) is 0 Å². The van der Waals surface area contributed by atoms with E-state index in [0.29, 0.717) is 11.3 Å². The Balaban J connectivity index is 2.03. The predicted octanol–water partition coefficient (Wildman–Crippen LogP) is 4.45. The van der Waals surface area contributed by atoms with Crippen molar-refractivity contribution in [2.24, 2.45) is 0 Å². The second-order valence-electron chi connectivity index (χ2n) is 6.38. The quantitative estimate of drug-likeness (QED) is 0.541. The molecule has 4 nitrogen and oxygen atoms in total. The summed E-state index contributed by atoms with van der Waals surface area (Å²) in [6.07, 6.45) is 1.74. The lowest BCUT2D eigenvalue weighted by atomic mass is 10.1. The van der Waals surface area contributed by atoms with Crippen molar-refractivity contribution in [2.45, 2.75) is 23.8 Å². The molecular weight excluding hydrogens is 344 g/mol. The van der Waals surface area contributed by atoms with Gasteiger partial charge < -0.3 is 0 Å². The minimum absolute atomic E-state index is 0.195. The van der Waals surface area contributed by atoms with Gasteiger partial charge in [-0.1, -0.05) is 53.6 Å². The molecule has 0 aliphatic heterocycles. The zero-order chi connectivity index (χ0) is 18.3. The molecule has 0 fully saturated rings. The topological polar surface area (TPSA) is 51.4 Å². The third-order valence-corrected chi connectivity index (χ3v) is 6.19. The molecule has 5 heteroatoms. The van der Waals surface area contributed by atoms with Crippen molar-refractivity contribution in [3.05, 3.63) is 84.1 Å². The van der Waals surface area contributed by atoms with E-state index in [1.807, 2.05) is 68.4 Å². The molecule has 2 heterocycles. The molecule has 0 spiro atoms. The van der Waals surface area contributed by atoms with Gasteiger partial charge in [-0.05, 0) is 38.1 Å². The molecule has 26 heavy (non-hydrogen) atoms. The number of pyridine rings is 1.